The van der Waals surface area contributed by atoms with Gasteiger partial charge in [0.15, 0.2) is 0 Å². The molecule has 34 heavy (non-hydrogen) atoms. The second-order valence-electron chi connectivity index (χ2n) is 7.33. The first-order chi connectivity index (χ1) is 16.3. The molecule has 0 radical (unpaired) electrons. The van der Waals surface area contributed by atoms with Crippen LogP contribution in [0.15, 0.2) is 87.5 Å². The van der Waals surface area contributed by atoms with Gasteiger partial charge in [0, 0.05) is 16.9 Å². The minimum Gasteiger partial charge on any atom is -0.495 e. The standard InChI is InChI=1S/C24H21ClN4O4S/c1-16-21(24(30)29(27-16)19-7-5-6-17(25)14-19)15-26-18-10-12-20(13-11-18)34(31,32)28-22-8-3-4-9-23(22)33-2/h3-15,27-28H,1-2H3. The third-order valence-corrected chi connectivity index (χ3v) is 6.64. The zero-order valence-corrected chi connectivity index (χ0v) is 19.9. The van der Waals surface area contributed by atoms with Crippen LogP contribution >= 0.6 is 11.6 Å². The zero-order valence-electron chi connectivity index (χ0n) is 18.3. The SMILES string of the molecule is COc1ccccc1NS(=O)(=O)c1ccc(N=Cc2c(C)[nH]n(-c3cccc(Cl)c3)c2=O)cc1. The van der Waals surface area contributed by atoms with Gasteiger partial charge in [-0.1, -0.05) is 29.8 Å². The number of anilines is 1. The van der Waals surface area contributed by atoms with E-state index in [1.54, 1.807) is 67.6 Å². The van der Waals surface area contributed by atoms with Gasteiger partial charge in [-0.25, -0.2) is 13.1 Å². The topological polar surface area (TPSA) is 106 Å². The molecule has 1 heterocycles. The summed E-state index contributed by atoms with van der Waals surface area (Å²) in [6.45, 7) is 1.77. The minimum absolute atomic E-state index is 0.0680. The Bertz CT molecular complexity index is 1520. The number of aromatic nitrogens is 2. The molecule has 0 fully saturated rings. The summed E-state index contributed by atoms with van der Waals surface area (Å²) >= 11 is 6.03. The van der Waals surface area contributed by atoms with E-state index in [1.165, 1.54) is 30.1 Å². The number of benzene rings is 3. The number of hydrogen-bond acceptors (Lipinski definition) is 5. The molecule has 0 spiro atoms. The summed E-state index contributed by atoms with van der Waals surface area (Å²) in [5, 5.41) is 3.53. The Hall–Kier alpha value is -3.82. The summed E-state index contributed by atoms with van der Waals surface area (Å²) in [5.74, 6) is 0.414. The second-order valence-corrected chi connectivity index (χ2v) is 9.45. The molecule has 174 valence electrons. The third-order valence-electron chi connectivity index (χ3n) is 5.02. The van der Waals surface area contributed by atoms with Crippen LogP contribution in [-0.2, 0) is 10.0 Å². The van der Waals surface area contributed by atoms with Crippen molar-refractivity contribution in [1.29, 1.82) is 0 Å². The first-order valence-electron chi connectivity index (χ1n) is 10.2. The predicted molar refractivity (Wildman–Crippen MR) is 134 cm³/mol. The number of aromatic amines is 1. The number of rotatable bonds is 7. The highest BCUT2D eigenvalue weighted by molar-refractivity contribution is 7.92. The predicted octanol–water partition coefficient (Wildman–Crippen LogP) is 4.69. The Balaban J connectivity index is 1.55. The van der Waals surface area contributed by atoms with Crippen molar-refractivity contribution in [2.45, 2.75) is 11.8 Å². The van der Waals surface area contributed by atoms with Crippen molar-refractivity contribution in [2.24, 2.45) is 4.99 Å². The van der Waals surface area contributed by atoms with Crippen molar-refractivity contribution in [3.8, 4) is 11.4 Å². The van der Waals surface area contributed by atoms with Crippen molar-refractivity contribution in [3.63, 3.8) is 0 Å². The van der Waals surface area contributed by atoms with Gasteiger partial charge < -0.3 is 4.74 Å². The molecule has 0 saturated carbocycles. The van der Waals surface area contributed by atoms with E-state index >= 15 is 0 Å². The molecule has 1 aromatic heterocycles. The van der Waals surface area contributed by atoms with Crippen LogP contribution < -0.4 is 15.0 Å². The normalized spacial score (nSPS) is 11.6. The maximum Gasteiger partial charge on any atom is 0.280 e. The summed E-state index contributed by atoms with van der Waals surface area (Å²) in [6, 6.07) is 19.7. The van der Waals surface area contributed by atoms with Crippen LogP contribution in [0.5, 0.6) is 5.75 Å². The molecule has 10 heteroatoms. The van der Waals surface area contributed by atoms with Gasteiger partial charge >= 0.3 is 0 Å². The Morgan fingerprint density at radius 3 is 2.50 bits per heavy atom. The van der Waals surface area contributed by atoms with Gasteiger partial charge in [0.05, 0.1) is 34.6 Å². The summed E-state index contributed by atoms with van der Waals surface area (Å²) in [6.07, 6.45) is 1.45. The van der Waals surface area contributed by atoms with Gasteiger partial charge in [-0.3, -0.25) is 19.6 Å². The highest BCUT2D eigenvalue weighted by Crippen LogP contribution is 2.26. The molecule has 0 aliphatic carbocycles. The Kier molecular flexibility index (Phi) is 6.58. The molecule has 0 unspecified atom stereocenters. The number of methoxy groups -OCH3 is 1. The lowest BCUT2D eigenvalue weighted by atomic mass is 10.2. The number of para-hydroxylation sites is 2. The molecule has 4 aromatic rings. The van der Waals surface area contributed by atoms with E-state index in [0.717, 1.165) is 0 Å². The highest BCUT2D eigenvalue weighted by atomic mass is 35.5. The second kappa shape index (κ2) is 9.58. The smallest absolute Gasteiger partial charge is 0.280 e. The van der Waals surface area contributed by atoms with Crippen molar-refractivity contribution in [2.75, 3.05) is 11.8 Å². The van der Waals surface area contributed by atoms with Crippen molar-refractivity contribution >= 4 is 39.2 Å². The van der Waals surface area contributed by atoms with E-state index in [2.05, 4.69) is 14.8 Å². The minimum atomic E-state index is -3.83. The third kappa shape index (κ3) is 4.90. The molecule has 0 saturated heterocycles. The number of halogens is 1. The summed E-state index contributed by atoms with van der Waals surface area (Å²) in [7, 11) is -2.36. The molecule has 4 rings (SSSR count). The number of nitrogens with zero attached hydrogens (tertiary/aromatic N) is 2. The molecule has 0 amide bonds. The van der Waals surface area contributed by atoms with Gasteiger partial charge in [0.2, 0.25) is 0 Å². The van der Waals surface area contributed by atoms with Crippen LogP contribution in [0, 0.1) is 6.92 Å². The fourth-order valence-electron chi connectivity index (χ4n) is 3.29. The van der Waals surface area contributed by atoms with Crippen LogP contribution in [0.1, 0.15) is 11.3 Å². The van der Waals surface area contributed by atoms with Crippen molar-refractivity contribution < 1.29 is 13.2 Å². The molecule has 2 N–H and O–H groups in total. The number of aliphatic imine (C=N–C) groups is 1. The molecule has 0 aliphatic heterocycles. The average Bonchev–Trinajstić information content (AvgIpc) is 3.11. The lowest BCUT2D eigenvalue weighted by Crippen LogP contribution is -2.17. The number of nitrogens with one attached hydrogen (secondary N) is 2. The summed E-state index contributed by atoms with van der Waals surface area (Å²) in [5.41, 5.74) is 2.18. The van der Waals surface area contributed by atoms with E-state index in [4.69, 9.17) is 16.3 Å². The lowest BCUT2D eigenvalue weighted by molar-refractivity contribution is 0.417. The average molecular weight is 497 g/mol. The maximum atomic E-state index is 12.8. The number of sulfonamides is 1. The fraction of sp³-hybridized carbons (Fsp3) is 0.0833. The van der Waals surface area contributed by atoms with Crippen LogP contribution in [-0.4, -0.2) is 31.5 Å². The summed E-state index contributed by atoms with van der Waals surface area (Å²) in [4.78, 5) is 17.2. The molecule has 0 aliphatic rings. The molecular weight excluding hydrogens is 476 g/mol. The first-order valence-corrected chi connectivity index (χ1v) is 12.0. The molecular formula is C24H21ClN4O4S. The van der Waals surface area contributed by atoms with Crippen LogP contribution in [0.4, 0.5) is 11.4 Å². The Labute approximate surface area is 201 Å². The lowest BCUT2D eigenvalue weighted by Gasteiger charge is -2.11. The number of H-pyrrole nitrogens is 1. The van der Waals surface area contributed by atoms with Crippen molar-refractivity contribution in [1.82, 2.24) is 9.78 Å². The van der Waals surface area contributed by atoms with Crippen molar-refractivity contribution in [3.05, 3.63) is 99.4 Å². The molecule has 0 atom stereocenters. The molecule has 0 bridgehead atoms. The molecule has 3 aromatic carbocycles. The van der Waals surface area contributed by atoms with Gasteiger partial charge in [-0.05, 0) is 61.5 Å². The van der Waals surface area contributed by atoms with E-state index in [0.29, 0.717) is 39.1 Å². The van der Waals surface area contributed by atoms with Gasteiger partial charge in [-0.2, -0.15) is 0 Å². The number of aryl methyl sites for hydroxylation is 1. The summed E-state index contributed by atoms with van der Waals surface area (Å²) < 4.78 is 34.6. The van der Waals surface area contributed by atoms with E-state index in [-0.39, 0.29) is 10.5 Å². The van der Waals surface area contributed by atoms with Gasteiger partial charge in [0.1, 0.15) is 5.75 Å². The first kappa shape index (κ1) is 23.3. The largest absolute Gasteiger partial charge is 0.495 e. The van der Waals surface area contributed by atoms with E-state index in [9.17, 15) is 13.2 Å². The van der Waals surface area contributed by atoms with Crippen LogP contribution in [0.3, 0.4) is 0 Å². The van der Waals surface area contributed by atoms with Gasteiger partial charge in [0.25, 0.3) is 15.6 Å². The monoisotopic (exact) mass is 496 g/mol. The Morgan fingerprint density at radius 2 is 1.79 bits per heavy atom. The number of ether oxygens (including phenoxy) is 1. The maximum absolute atomic E-state index is 12.8. The van der Waals surface area contributed by atoms with E-state index < -0.39 is 10.0 Å². The highest BCUT2D eigenvalue weighted by Gasteiger charge is 2.16. The zero-order chi connectivity index (χ0) is 24.3. The number of hydrogen-bond donors (Lipinski definition) is 2. The molecule has 8 nitrogen and oxygen atoms in total. The quantitative estimate of drug-likeness (QED) is 0.362. The van der Waals surface area contributed by atoms with Gasteiger partial charge in [-0.15, -0.1) is 0 Å². The van der Waals surface area contributed by atoms with Crippen LogP contribution in [0.25, 0.3) is 5.69 Å². The van der Waals surface area contributed by atoms with Crippen LogP contribution in [0.2, 0.25) is 5.02 Å². The fourth-order valence-corrected chi connectivity index (χ4v) is 4.55. The Morgan fingerprint density at radius 1 is 1.06 bits per heavy atom. The van der Waals surface area contributed by atoms with E-state index in [1.807, 2.05) is 0 Å².